The molecule has 92 valence electrons. The Kier molecular flexibility index (Phi) is 2.68. The van der Waals surface area contributed by atoms with Crippen LogP contribution in [-0.4, -0.2) is 16.2 Å². The van der Waals surface area contributed by atoms with E-state index in [1.54, 1.807) is 12.1 Å². The van der Waals surface area contributed by atoms with Crippen molar-refractivity contribution in [2.45, 2.75) is 18.4 Å². The molecule has 1 aromatic carbocycles. The average Bonchev–Trinajstić information content (AvgIpc) is 2.97. The lowest BCUT2D eigenvalue weighted by atomic mass is 10.1. The summed E-state index contributed by atoms with van der Waals surface area (Å²) >= 11 is 0. The van der Waals surface area contributed by atoms with Gasteiger partial charge in [-0.25, -0.2) is 4.39 Å². The number of allylic oxidation sites excluding steroid dienone is 1. The van der Waals surface area contributed by atoms with E-state index in [0.29, 0.717) is 17.3 Å². The first kappa shape index (κ1) is 11.1. The van der Waals surface area contributed by atoms with Crippen LogP contribution in [0.1, 0.15) is 18.2 Å². The normalized spacial score (nSPS) is 22.6. The van der Waals surface area contributed by atoms with Gasteiger partial charge in [0.15, 0.2) is 0 Å². The molecule has 0 saturated heterocycles. The largest absolute Gasteiger partial charge is 0.338 e. The molecule has 2 atom stereocenters. The highest BCUT2D eigenvalue weighted by Gasteiger charge is 2.23. The van der Waals surface area contributed by atoms with Gasteiger partial charge in [-0.1, -0.05) is 29.4 Å². The van der Waals surface area contributed by atoms with Crippen molar-refractivity contribution in [1.29, 1.82) is 0 Å². The molecule has 0 aliphatic heterocycles. The molecule has 5 heteroatoms. The molecule has 1 heterocycles. The van der Waals surface area contributed by atoms with Crippen molar-refractivity contribution in [3.8, 4) is 11.4 Å². The molecule has 2 unspecified atom stereocenters. The summed E-state index contributed by atoms with van der Waals surface area (Å²) in [5.41, 5.74) is 6.38. The fraction of sp³-hybridized carbons (Fsp3) is 0.231. The standard InChI is InChI=1S/C13H12FN3O/c14-10-3-1-2-8(6-10)12-16-13(18-17-12)9-4-5-11(15)7-9/h1-6,9,11H,7,15H2. The predicted molar refractivity (Wildman–Crippen MR) is 64.2 cm³/mol. The summed E-state index contributed by atoms with van der Waals surface area (Å²) < 4.78 is 18.3. The summed E-state index contributed by atoms with van der Waals surface area (Å²) in [4.78, 5) is 4.29. The van der Waals surface area contributed by atoms with E-state index in [9.17, 15) is 4.39 Å². The molecule has 0 amide bonds. The first-order valence-electron chi connectivity index (χ1n) is 5.76. The number of hydrogen-bond acceptors (Lipinski definition) is 4. The molecule has 4 nitrogen and oxygen atoms in total. The maximum atomic E-state index is 13.1. The highest BCUT2D eigenvalue weighted by Crippen LogP contribution is 2.28. The Hall–Kier alpha value is -2.01. The van der Waals surface area contributed by atoms with Crippen molar-refractivity contribution >= 4 is 0 Å². The first-order valence-corrected chi connectivity index (χ1v) is 5.76. The molecule has 3 rings (SSSR count). The van der Waals surface area contributed by atoms with E-state index in [1.807, 2.05) is 12.2 Å². The summed E-state index contributed by atoms with van der Waals surface area (Å²) in [6.07, 6.45) is 4.66. The molecule has 1 aliphatic carbocycles. The van der Waals surface area contributed by atoms with Gasteiger partial charge in [-0.2, -0.15) is 4.98 Å². The molecule has 0 spiro atoms. The van der Waals surface area contributed by atoms with Gasteiger partial charge in [0, 0.05) is 11.6 Å². The van der Waals surface area contributed by atoms with Crippen LogP contribution in [0.2, 0.25) is 0 Å². The maximum absolute atomic E-state index is 13.1. The van der Waals surface area contributed by atoms with Crippen LogP contribution in [0.5, 0.6) is 0 Å². The first-order chi connectivity index (χ1) is 8.72. The molecule has 1 aromatic heterocycles. The van der Waals surface area contributed by atoms with Crippen molar-refractivity contribution in [3.63, 3.8) is 0 Å². The fourth-order valence-corrected chi connectivity index (χ4v) is 2.04. The van der Waals surface area contributed by atoms with Gasteiger partial charge in [0.05, 0.1) is 5.92 Å². The van der Waals surface area contributed by atoms with Crippen molar-refractivity contribution in [2.24, 2.45) is 5.73 Å². The predicted octanol–water partition coefficient (Wildman–Crippen LogP) is 2.25. The Morgan fingerprint density at radius 2 is 2.22 bits per heavy atom. The van der Waals surface area contributed by atoms with Crippen molar-refractivity contribution in [2.75, 3.05) is 0 Å². The topological polar surface area (TPSA) is 64.9 Å². The van der Waals surface area contributed by atoms with E-state index in [4.69, 9.17) is 10.3 Å². The van der Waals surface area contributed by atoms with Crippen LogP contribution in [0.3, 0.4) is 0 Å². The van der Waals surface area contributed by atoms with Gasteiger partial charge >= 0.3 is 0 Å². The Labute approximate surface area is 103 Å². The summed E-state index contributed by atoms with van der Waals surface area (Å²) in [6.45, 7) is 0. The second-order valence-electron chi connectivity index (χ2n) is 4.36. The van der Waals surface area contributed by atoms with E-state index in [2.05, 4.69) is 10.1 Å². The lowest BCUT2D eigenvalue weighted by Gasteiger charge is -2.01. The minimum absolute atomic E-state index is 0.0412. The third-order valence-electron chi connectivity index (χ3n) is 2.96. The second-order valence-corrected chi connectivity index (χ2v) is 4.36. The van der Waals surface area contributed by atoms with E-state index in [1.165, 1.54) is 12.1 Å². The zero-order chi connectivity index (χ0) is 12.5. The van der Waals surface area contributed by atoms with Crippen LogP contribution in [0.25, 0.3) is 11.4 Å². The minimum atomic E-state index is -0.318. The highest BCUT2D eigenvalue weighted by atomic mass is 19.1. The van der Waals surface area contributed by atoms with Gasteiger partial charge in [0.1, 0.15) is 5.82 Å². The Balaban J connectivity index is 1.88. The van der Waals surface area contributed by atoms with Gasteiger partial charge in [0.25, 0.3) is 0 Å². The number of nitrogens with zero attached hydrogens (tertiary/aromatic N) is 2. The quantitative estimate of drug-likeness (QED) is 0.824. The lowest BCUT2D eigenvalue weighted by molar-refractivity contribution is 0.365. The van der Waals surface area contributed by atoms with Crippen molar-refractivity contribution < 1.29 is 8.91 Å². The van der Waals surface area contributed by atoms with Crippen molar-refractivity contribution in [1.82, 2.24) is 10.1 Å². The summed E-state index contributed by atoms with van der Waals surface area (Å²) in [6, 6.07) is 6.16. The van der Waals surface area contributed by atoms with E-state index in [-0.39, 0.29) is 17.8 Å². The molecule has 0 radical (unpaired) electrons. The lowest BCUT2D eigenvalue weighted by Crippen LogP contribution is -2.14. The molecular weight excluding hydrogens is 233 g/mol. The number of halogens is 1. The van der Waals surface area contributed by atoms with E-state index >= 15 is 0 Å². The fourth-order valence-electron chi connectivity index (χ4n) is 2.04. The molecule has 2 aromatic rings. The number of hydrogen-bond donors (Lipinski definition) is 1. The number of nitrogens with two attached hydrogens (primary N) is 1. The average molecular weight is 245 g/mol. The monoisotopic (exact) mass is 245 g/mol. The third kappa shape index (κ3) is 2.04. The molecule has 0 saturated carbocycles. The zero-order valence-electron chi connectivity index (χ0n) is 9.58. The number of rotatable bonds is 2. The van der Waals surface area contributed by atoms with Crippen LogP contribution >= 0.6 is 0 Å². The Morgan fingerprint density at radius 3 is 2.94 bits per heavy atom. The number of aromatic nitrogens is 2. The third-order valence-corrected chi connectivity index (χ3v) is 2.96. The molecule has 18 heavy (non-hydrogen) atoms. The van der Waals surface area contributed by atoms with E-state index < -0.39 is 0 Å². The molecular formula is C13H12FN3O. The molecule has 1 aliphatic rings. The van der Waals surface area contributed by atoms with Crippen LogP contribution in [0, 0.1) is 5.82 Å². The van der Waals surface area contributed by atoms with Gasteiger partial charge in [-0.05, 0) is 18.6 Å². The minimum Gasteiger partial charge on any atom is -0.338 e. The SMILES string of the molecule is NC1C=CC(c2nc(-c3cccc(F)c3)no2)C1. The molecule has 2 N–H and O–H groups in total. The zero-order valence-corrected chi connectivity index (χ0v) is 9.58. The summed E-state index contributed by atoms with van der Waals surface area (Å²) in [5.74, 6) is 0.674. The van der Waals surface area contributed by atoms with Crippen LogP contribution < -0.4 is 5.73 Å². The van der Waals surface area contributed by atoms with Crippen LogP contribution in [0.4, 0.5) is 4.39 Å². The Bertz CT molecular complexity index is 593. The number of benzene rings is 1. The van der Waals surface area contributed by atoms with Crippen LogP contribution in [0.15, 0.2) is 40.9 Å². The van der Waals surface area contributed by atoms with Gasteiger partial charge in [-0.3, -0.25) is 0 Å². The van der Waals surface area contributed by atoms with Gasteiger partial charge < -0.3 is 10.3 Å². The summed E-state index contributed by atoms with van der Waals surface area (Å²) in [5, 5.41) is 3.87. The highest BCUT2D eigenvalue weighted by molar-refractivity contribution is 5.54. The second kappa shape index (κ2) is 4.34. The van der Waals surface area contributed by atoms with E-state index in [0.717, 1.165) is 6.42 Å². The van der Waals surface area contributed by atoms with Crippen LogP contribution in [-0.2, 0) is 0 Å². The molecule has 0 bridgehead atoms. The Morgan fingerprint density at radius 1 is 1.33 bits per heavy atom. The summed E-state index contributed by atoms with van der Waals surface area (Å²) in [7, 11) is 0. The van der Waals surface area contributed by atoms with Gasteiger partial charge in [-0.15, -0.1) is 0 Å². The van der Waals surface area contributed by atoms with Gasteiger partial charge in [0.2, 0.25) is 11.7 Å². The smallest absolute Gasteiger partial charge is 0.233 e. The maximum Gasteiger partial charge on any atom is 0.233 e. The molecule has 0 fully saturated rings. The van der Waals surface area contributed by atoms with Crippen molar-refractivity contribution in [3.05, 3.63) is 48.1 Å².